The third kappa shape index (κ3) is 6.45. The molecule has 8 heavy (non-hydrogen) atoms. The molecule has 0 bridgehead atoms. The maximum atomic E-state index is 4.85. The van der Waals surface area contributed by atoms with E-state index in [9.17, 15) is 0 Å². The first-order valence-electron chi connectivity index (χ1n) is 2.45. The van der Waals surface area contributed by atoms with Gasteiger partial charge in [-0.15, -0.1) is 0 Å². The molecule has 1 unspecified atom stereocenters. The first kappa shape index (κ1) is 11.3. The number of hydrogen-bond acceptors (Lipinski definition) is 1. The van der Waals surface area contributed by atoms with Crippen LogP contribution >= 0.6 is 0 Å². The molecule has 0 aromatic heterocycles. The van der Waals surface area contributed by atoms with Gasteiger partial charge in [-0.3, -0.25) is 0 Å². The monoisotopic (exact) mass is 158 g/mol. The van der Waals surface area contributed by atoms with Gasteiger partial charge in [-0.1, -0.05) is 6.10 Å². The van der Waals surface area contributed by atoms with Crippen LogP contribution in [0, 0.1) is 13.3 Å². The molecule has 2 heteroatoms. The summed E-state index contributed by atoms with van der Waals surface area (Å²) in [6, 6.07) is 0. The standard InChI is InChI=1S/C6H12O.Ni/c1-4-5-6(2)7-3;/h4,6H,2,5H2,1,3H3;/q-2;+2. The molecule has 0 rings (SSSR count). The predicted molar refractivity (Wildman–Crippen MR) is 30.7 cm³/mol. The smallest absolute Gasteiger partial charge is 0.416 e. The molecule has 52 valence electrons. The van der Waals surface area contributed by atoms with Crippen LogP contribution in [0.15, 0.2) is 0 Å². The number of methoxy groups -OCH3 is 1. The number of hydrogen-bond donors (Lipinski definition) is 0. The van der Waals surface area contributed by atoms with Crippen LogP contribution in [-0.4, -0.2) is 13.2 Å². The van der Waals surface area contributed by atoms with Crippen molar-refractivity contribution in [3.8, 4) is 0 Å². The zero-order valence-corrected chi connectivity index (χ0v) is 6.28. The van der Waals surface area contributed by atoms with Gasteiger partial charge in [0.1, 0.15) is 0 Å². The largest absolute Gasteiger partial charge is 2.00 e. The van der Waals surface area contributed by atoms with Crippen LogP contribution in [0.25, 0.3) is 0 Å². The van der Waals surface area contributed by atoms with E-state index in [0.29, 0.717) is 0 Å². The fourth-order valence-electron chi connectivity index (χ4n) is 0.359. The van der Waals surface area contributed by atoms with Crippen molar-refractivity contribution in [3.05, 3.63) is 13.3 Å². The van der Waals surface area contributed by atoms with E-state index in [2.05, 4.69) is 6.92 Å². The molecule has 0 aromatic carbocycles. The number of rotatable bonds is 3. The molecule has 0 saturated carbocycles. The van der Waals surface area contributed by atoms with Crippen molar-refractivity contribution in [3.63, 3.8) is 0 Å². The average molecular weight is 159 g/mol. The van der Waals surface area contributed by atoms with Gasteiger partial charge < -0.3 is 18.1 Å². The maximum Gasteiger partial charge on any atom is 2.00 e. The molecule has 0 heterocycles. The van der Waals surface area contributed by atoms with Gasteiger partial charge in [0.05, 0.1) is 0 Å². The minimum absolute atomic E-state index is 0. The van der Waals surface area contributed by atoms with Gasteiger partial charge in [0.25, 0.3) is 0 Å². The maximum absolute atomic E-state index is 4.85. The van der Waals surface area contributed by atoms with E-state index in [-0.39, 0.29) is 22.6 Å². The van der Waals surface area contributed by atoms with Gasteiger partial charge in [-0.25, -0.2) is 0 Å². The molecule has 0 radical (unpaired) electrons. The molecule has 0 saturated heterocycles. The summed E-state index contributed by atoms with van der Waals surface area (Å²) in [7, 11) is 1.67. The Morgan fingerprint density at radius 2 is 2.25 bits per heavy atom. The van der Waals surface area contributed by atoms with Crippen molar-refractivity contribution in [2.75, 3.05) is 7.11 Å². The van der Waals surface area contributed by atoms with E-state index >= 15 is 0 Å². The van der Waals surface area contributed by atoms with Crippen LogP contribution in [0.1, 0.15) is 13.3 Å². The Balaban J connectivity index is 0. The summed E-state index contributed by atoms with van der Waals surface area (Å²) in [5.74, 6) is 0. The topological polar surface area (TPSA) is 9.23 Å². The fourth-order valence-corrected chi connectivity index (χ4v) is 0.359. The van der Waals surface area contributed by atoms with Crippen LogP contribution < -0.4 is 0 Å². The van der Waals surface area contributed by atoms with Gasteiger partial charge in [-0.2, -0.15) is 13.3 Å². The van der Waals surface area contributed by atoms with Crippen LogP contribution in [0.4, 0.5) is 0 Å². The Bertz CT molecular complexity index is 39.5. The molecule has 0 aromatic rings. The fraction of sp³-hybridized carbons (Fsp3) is 0.667. The second-order valence-corrected chi connectivity index (χ2v) is 1.50. The molecular formula is C6H12NiO. The third-order valence-corrected chi connectivity index (χ3v) is 0.832. The zero-order chi connectivity index (χ0) is 5.70. The Morgan fingerprint density at radius 1 is 1.75 bits per heavy atom. The quantitative estimate of drug-likeness (QED) is 0.447. The van der Waals surface area contributed by atoms with E-state index in [1.165, 1.54) is 0 Å². The van der Waals surface area contributed by atoms with Crippen molar-refractivity contribution < 1.29 is 21.2 Å². The summed E-state index contributed by atoms with van der Waals surface area (Å²) in [6.45, 7) is 5.69. The van der Waals surface area contributed by atoms with Crippen LogP contribution in [0.3, 0.4) is 0 Å². The molecule has 0 spiro atoms. The van der Waals surface area contributed by atoms with Gasteiger partial charge in [0, 0.05) is 7.11 Å². The summed E-state index contributed by atoms with van der Waals surface area (Å²) >= 11 is 0. The Morgan fingerprint density at radius 3 is 2.38 bits per heavy atom. The van der Waals surface area contributed by atoms with E-state index in [1.54, 1.807) is 7.11 Å². The van der Waals surface area contributed by atoms with E-state index in [1.807, 2.05) is 13.3 Å². The SMILES string of the molecule is [CH2-]C(C[CH-]C)OC.[Ni+2]. The van der Waals surface area contributed by atoms with Crippen molar-refractivity contribution >= 4 is 0 Å². The van der Waals surface area contributed by atoms with E-state index < -0.39 is 0 Å². The van der Waals surface area contributed by atoms with Crippen molar-refractivity contribution in [2.45, 2.75) is 19.4 Å². The molecule has 0 aliphatic heterocycles. The van der Waals surface area contributed by atoms with Crippen LogP contribution in [0.5, 0.6) is 0 Å². The van der Waals surface area contributed by atoms with E-state index in [0.717, 1.165) is 6.42 Å². The second kappa shape index (κ2) is 7.45. The molecule has 0 aliphatic carbocycles. The molecule has 0 N–H and O–H groups in total. The predicted octanol–water partition coefficient (Wildman–Crippen LogP) is 1.45. The molecule has 0 fully saturated rings. The first-order valence-corrected chi connectivity index (χ1v) is 2.45. The summed E-state index contributed by atoms with van der Waals surface area (Å²) in [4.78, 5) is 0. The summed E-state index contributed by atoms with van der Waals surface area (Å²) in [5.41, 5.74) is 0. The normalized spacial score (nSPS) is 12.4. The van der Waals surface area contributed by atoms with E-state index in [4.69, 9.17) is 4.74 Å². The Hall–Kier alpha value is 0.454. The summed E-state index contributed by atoms with van der Waals surface area (Å²) < 4.78 is 4.85. The summed E-state index contributed by atoms with van der Waals surface area (Å²) in [5, 5.41) is 0. The Kier molecular flexibility index (Phi) is 10.5. The van der Waals surface area contributed by atoms with Crippen molar-refractivity contribution in [1.29, 1.82) is 0 Å². The third-order valence-electron chi connectivity index (χ3n) is 0.832. The molecule has 1 nitrogen and oxygen atoms in total. The van der Waals surface area contributed by atoms with Crippen molar-refractivity contribution in [1.82, 2.24) is 0 Å². The molecule has 0 amide bonds. The Labute approximate surface area is 61.7 Å². The van der Waals surface area contributed by atoms with Crippen molar-refractivity contribution in [2.24, 2.45) is 0 Å². The van der Waals surface area contributed by atoms with Gasteiger partial charge in [0.15, 0.2) is 0 Å². The van der Waals surface area contributed by atoms with Gasteiger partial charge in [-0.05, 0) is 0 Å². The second-order valence-electron chi connectivity index (χ2n) is 1.50. The molecular weight excluding hydrogens is 147 g/mol. The minimum atomic E-state index is 0. The number of ether oxygens (including phenoxy) is 1. The molecule has 1 atom stereocenters. The summed E-state index contributed by atoms with van der Waals surface area (Å²) in [6.07, 6.45) is 3.13. The minimum Gasteiger partial charge on any atom is -0.416 e. The zero-order valence-electron chi connectivity index (χ0n) is 5.29. The molecule has 0 aliphatic rings. The average Bonchev–Trinajstić information content (AvgIpc) is 1.68. The van der Waals surface area contributed by atoms with Crippen LogP contribution in [0.2, 0.25) is 0 Å². The van der Waals surface area contributed by atoms with Crippen LogP contribution in [-0.2, 0) is 21.2 Å². The first-order chi connectivity index (χ1) is 3.31. The van der Waals surface area contributed by atoms with Gasteiger partial charge >= 0.3 is 16.5 Å². The van der Waals surface area contributed by atoms with Gasteiger partial charge in [0.2, 0.25) is 0 Å².